The molecule has 110 valence electrons. The molecule has 2 aromatic rings. The molecule has 1 aliphatic rings. The van der Waals surface area contributed by atoms with E-state index in [1.54, 1.807) is 7.11 Å². The Labute approximate surface area is 125 Å². The van der Waals surface area contributed by atoms with Crippen molar-refractivity contribution in [3.05, 3.63) is 53.1 Å². The standard InChI is InChI=1S/C17H21N3O/c1-12-8-15(11-18-14-6-7-14)20-17(19-12)10-13-4-3-5-16(9-13)21-2/h3-5,8-9,14,18H,6-7,10-11H2,1-2H3. The molecule has 0 unspecified atom stereocenters. The molecule has 3 rings (SSSR count). The van der Waals surface area contributed by atoms with Crippen molar-refractivity contribution < 1.29 is 4.74 Å². The molecule has 1 heterocycles. The molecule has 1 aliphatic carbocycles. The highest BCUT2D eigenvalue weighted by molar-refractivity contribution is 5.30. The monoisotopic (exact) mass is 283 g/mol. The Morgan fingerprint density at radius 3 is 2.86 bits per heavy atom. The van der Waals surface area contributed by atoms with Gasteiger partial charge in [-0.2, -0.15) is 0 Å². The molecule has 1 aromatic carbocycles. The van der Waals surface area contributed by atoms with Crippen LogP contribution >= 0.6 is 0 Å². The Morgan fingerprint density at radius 1 is 1.24 bits per heavy atom. The van der Waals surface area contributed by atoms with Gasteiger partial charge in [-0.05, 0) is 43.5 Å². The van der Waals surface area contributed by atoms with Crippen molar-refractivity contribution in [2.45, 2.75) is 38.8 Å². The Kier molecular flexibility index (Phi) is 4.15. The van der Waals surface area contributed by atoms with Gasteiger partial charge in [0.2, 0.25) is 0 Å². The summed E-state index contributed by atoms with van der Waals surface area (Å²) in [5, 5.41) is 3.50. The number of methoxy groups -OCH3 is 1. The molecule has 0 radical (unpaired) electrons. The van der Waals surface area contributed by atoms with Gasteiger partial charge in [-0.3, -0.25) is 0 Å². The van der Waals surface area contributed by atoms with Gasteiger partial charge >= 0.3 is 0 Å². The largest absolute Gasteiger partial charge is 0.497 e. The van der Waals surface area contributed by atoms with Gasteiger partial charge in [0.1, 0.15) is 11.6 Å². The van der Waals surface area contributed by atoms with Crippen molar-refractivity contribution in [3.8, 4) is 5.75 Å². The number of benzene rings is 1. The minimum atomic E-state index is 0.696. The van der Waals surface area contributed by atoms with Gasteiger partial charge in [-0.1, -0.05) is 12.1 Å². The normalized spacial score (nSPS) is 14.2. The van der Waals surface area contributed by atoms with Gasteiger partial charge in [0.05, 0.1) is 12.8 Å². The third-order valence-corrected chi connectivity index (χ3v) is 3.60. The van der Waals surface area contributed by atoms with Gasteiger partial charge in [0.15, 0.2) is 0 Å². The van der Waals surface area contributed by atoms with E-state index in [9.17, 15) is 0 Å². The number of nitrogens with one attached hydrogen (secondary N) is 1. The predicted octanol–water partition coefficient (Wildman–Crippen LogP) is 2.64. The van der Waals surface area contributed by atoms with Crippen LogP contribution in [0, 0.1) is 6.92 Å². The van der Waals surface area contributed by atoms with Crippen LogP contribution in [0.25, 0.3) is 0 Å². The SMILES string of the molecule is COc1cccc(Cc2nc(C)cc(CNC3CC3)n2)c1. The molecular weight excluding hydrogens is 262 g/mol. The predicted molar refractivity (Wildman–Crippen MR) is 82.4 cm³/mol. The zero-order valence-electron chi connectivity index (χ0n) is 12.6. The fourth-order valence-corrected chi connectivity index (χ4v) is 2.37. The maximum atomic E-state index is 5.26. The minimum absolute atomic E-state index is 0.696. The first-order chi connectivity index (χ1) is 10.2. The molecule has 0 atom stereocenters. The van der Waals surface area contributed by atoms with Crippen LogP contribution in [-0.4, -0.2) is 23.1 Å². The zero-order valence-corrected chi connectivity index (χ0v) is 12.6. The average molecular weight is 283 g/mol. The lowest BCUT2D eigenvalue weighted by molar-refractivity contribution is 0.414. The van der Waals surface area contributed by atoms with Crippen LogP contribution in [0.15, 0.2) is 30.3 Å². The molecule has 1 N–H and O–H groups in total. The van der Waals surface area contributed by atoms with E-state index in [0.29, 0.717) is 6.04 Å². The van der Waals surface area contributed by atoms with Crippen molar-refractivity contribution in [2.24, 2.45) is 0 Å². The van der Waals surface area contributed by atoms with Crippen molar-refractivity contribution in [2.75, 3.05) is 7.11 Å². The fraction of sp³-hybridized carbons (Fsp3) is 0.412. The van der Waals surface area contributed by atoms with E-state index in [0.717, 1.165) is 35.9 Å². The molecule has 0 bridgehead atoms. The van der Waals surface area contributed by atoms with Gasteiger partial charge in [-0.15, -0.1) is 0 Å². The maximum Gasteiger partial charge on any atom is 0.133 e. The summed E-state index contributed by atoms with van der Waals surface area (Å²) in [4.78, 5) is 9.22. The quantitative estimate of drug-likeness (QED) is 0.885. The lowest BCUT2D eigenvalue weighted by atomic mass is 10.1. The average Bonchev–Trinajstić information content (AvgIpc) is 3.29. The highest BCUT2D eigenvalue weighted by Crippen LogP contribution is 2.19. The third-order valence-electron chi connectivity index (χ3n) is 3.60. The molecule has 1 fully saturated rings. The molecule has 1 saturated carbocycles. The number of ether oxygens (including phenoxy) is 1. The summed E-state index contributed by atoms with van der Waals surface area (Å²) in [5.74, 6) is 1.74. The third kappa shape index (κ3) is 4.02. The van der Waals surface area contributed by atoms with Gasteiger partial charge in [-0.25, -0.2) is 9.97 Å². The molecule has 0 saturated heterocycles. The molecular formula is C17H21N3O. The molecule has 0 aliphatic heterocycles. The lowest BCUT2D eigenvalue weighted by Gasteiger charge is -2.08. The van der Waals surface area contributed by atoms with E-state index in [1.165, 1.54) is 18.4 Å². The topological polar surface area (TPSA) is 47.0 Å². The number of hydrogen-bond acceptors (Lipinski definition) is 4. The van der Waals surface area contributed by atoms with E-state index < -0.39 is 0 Å². The Morgan fingerprint density at radius 2 is 2.10 bits per heavy atom. The van der Waals surface area contributed by atoms with Crippen LogP contribution in [-0.2, 0) is 13.0 Å². The highest BCUT2D eigenvalue weighted by atomic mass is 16.5. The molecule has 4 heteroatoms. The summed E-state index contributed by atoms with van der Waals surface area (Å²) in [5.41, 5.74) is 3.27. The first kappa shape index (κ1) is 14.0. The van der Waals surface area contributed by atoms with Crippen LogP contribution in [0.4, 0.5) is 0 Å². The van der Waals surface area contributed by atoms with E-state index in [2.05, 4.69) is 27.4 Å². The van der Waals surface area contributed by atoms with E-state index in [-0.39, 0.29) is 0 Å². The zero-order chi connectivity index (χ0) is 14.7. The number of hydrogen-bond donors (Lipinski definition) is 1. The first-order valence-electron chi connectivity index (χ1n) is 7.42. The number of rotatable bonds is 6. The summed E-state index contributed by atoms with van der Waals surface area (Å²) in [6.07, 6.45) is 3.32. The smallest absolute Gasteiger partial charge is 0.133 e. The second kappa shape index (κ2) is 6.22. The van der Waals surface area contributed by atoms with Gasteiger partial charge in [0.25, 0.3) is 0 Å². The number of nitrogens with zero attached hydrogens (tertiary/aromatic N) is 2. The van der Waals surface area contributed by atoms with Crippen LogP contribution < -0.4 is 10.1 Å². The molecule has 21 heavy (non-hydrogen) atoms. The molecule has 4 nitrogen and oxygen atoms in total. The summed E-state index contributed by atoms with van der Waals surface area (Å²) in [6, 6.07) is 10.8. The molecule has 1 aromatic heterocycles. The minimum Gasteiger partial charge on any atom is -0.497 e. The second-order valence-corrected chi connectivity index (χ2v) is 5.60. The van der Waals surface area contributed by atoms with Gasteiger partial charge < -0.3 is 10.1 Å². The summed E-state index contributed by atoms with van der Waals surface area (Å²) in [6.45, 7) is 2.86. The van der Waals surface area contributed by atoms with Crippen LogP contribution in [0.5, 0.6) is 5.75 Å². The summed E-state index contributed by atoms with van der Waals surface area (Å²) >= 11 is 0. The van der Waals surface area contributed by atoms with Crippen molar-refractivity contribution >= 4 is 0 Å². The lowest BCUT2D eigenvalue weighted by Crippen LogP contribution is -2.17. The molecule has 0 spiro atoms. The second-order valence-electron chi connectivity index (χ2n) is 5.60. The van der Waals surface area contributed by atoms with E-state index in [4.69, 9.17) is 4.74 Å². The van der Waals surface area contributed by atoms with Crippen molar-refractivity contribution in [3.63, 3.8) is 0 Å². The maximum absolute atomic E-state index is 5.26. The van der Waals surface area contributed by atoms with Gasteiger partial charge in [0, 0.05) is 24.7 Å². The number of aromatic nitrogens is 2. The summed E-state index contributed by atoms with van der Waals surface area (Å²) < 4.78 is 5.26. The Bertz CT molecular complexity index is 623. The fourth-order valence-electron chi connectivity index (χ4n) is 2.37. The van der Waals surface area contributed by atoms with E-state index >= 15 is 0 Å². The molecule has 0 amide bonds. The highest BCUT2D eigenvalue weighted by Gasteiger charge is 2.20. The van der Waals surface area contributed by atoms with Crippen LogP contribution in [0.3, 0.4) is 0 Å². The van der Waals surface area contributed by atoms with Crippen molar-refractivity contribution in [1.82, 2.24) is 15.3 Å². The number of aryl methyl sites for hydroxylation is 1. The van der Waals surface area contributed by atoms with Crippen LogP contribution in [0.2, 0.25) is 0 Å². The Balaban J connectivity index is 1.73. The van der Waals surface area contributed by atoms with Crippen LogP contribution in [0.1, 0.15) is 35.6 Å². The summed E-state index contributed by atoms with van der Waals surface area (Å²) in [7, 11) is 1.68. The van der Waals surface area contributed by atoms with E-state index in [1.807, 2.05) is 25.1 Å². The van der Waals surface area contributed by atoms with Crippen molar-refractivity contribution in [1.29, 1.82) is 0 Å². The Hall–Kier alpha value is -1.94. The first-order valence-corrected chi connectivity index (χ1v) is 7.42.